The van der Waals surface area contributed by atoms with Crippen molar-refractivity contribution < 1.29 is 19.4 Å². The number of ether oxygens (including phenoxy) is 1. The number of hydrogen-bond donors (Lipinski definition) is 1. The topological polar surface area (TPSA) is 63.6 Å². The zero-order valence-corrected chi connectivity index (χ0v) is 27.5. The van der Waals surface area contributed by atoms with Crippen LogP contribution in [0, 0.1) is 0 Å². The van der Waals surface area contributed by atoms with Gasteiger partial charge in [0.2, 0.25) is 0 Å². The lowest BCUT2D eigenvalue weighted by atomic mass is 10.0. The molecule has 0 spiro atoms. The third-order valence-corrected chi connectivity index (χ3v) is 7.57. The average molecular weight is 587 g/mol. The summed E-state index contributed by atoms with van der Waals surface area (Å²) in [5.74, 6) is -0.734. The predicted octanol–water partition coefficient (Wildman–Crippen LogP) is 12.0. The molecular formula is C38H66O4. The van der Waals surface area contributed by atoms with Crippen molar-refractivity contribution in [1.29, 1.82) is 0 Å². The quantitative estimate of drug-likeness (QED) is 0.0498. The van der Waals surface area contributed by atoms with Gasteiger partial charge in [-0.15, -0.1) is 0 Å². The fraction of sp³-hybridized carbons (Fsp3) is 0.737. The van der Waals surface area contributed by atoms with Crippen LogP contribution in [0.1, 0.15) is 174 Å². The van der Waals surface area contributed by atoms with Gasteiger partial charge in [-0.3, -0.25) is 9.59 Å². The number of rotatable bonds is 31. The van der Waals surface area contributed by atoms with E-state index in [0.717, 1.165) is 103 Å². The summed E-state index contributed by atoms with van der Waals surface area (Å²) < 4.78 is 5.95. The van der Waals surface area contributed by atoms with Crippen LogP contribution in [0.4, 0.5) is 0 Å². The van der Waals surface area contributed by atoms with E-state index in [1.165, 1.54) is 44.9 Å². The number of carboxylic acids is 1. The van der Waals surface area contributed by atoms with Crippen LogP contribution in [-0.2, 0) is 14.3 Å². The van der Waals surface area contributed by atoms with Crippen molar-refractivity contribution in [3.63, 3.8) is 0 Å². The second kappa shape index (κ2) is 33.4. The first kappa shape index (κ1) is 39.9. The van der Waals surface area contributed by atoms with Gasteiger partial charge in [0.25, 0.3) is 0 Å². The number of carboxylic acid groups (broad SMARTS) is 1. The summed E-state index contributed by atoms with van der Waals surface area (Å²) in [6.07, 6.45) is 44.0. The third kappa shape index (κ3) is 32.4. The van der Waals surface area contributed by atoms with Crippen LogP contribution in [0.25, 0.3) is 0 Å². The largest absolute Gasteiger partial charge is 0.481 e. The van der Waals surface area contributed by atoms with Gasteiger partial charge in [0, 0.05) is 12.8 Å². The molecule has 0 saturated heterocycles. The van der Waals surface area contributed by atoms with Crippen molar-refractivity contribution in [2.45, 2.75) is 180 Å². The summed E-state index contributed by atoms with van der Waals surface area (Å²) in [6, 6.07) is 0. The fourth-order valence-electron chi connectivity index (χ4n) is 5.00. The summed E-state index contributed by atoms with van der Waals surface area (Å²) in [4.78, 5) is 23.2. The molecule has 0 heterocycles. The maximum absolute atomic E-state index is 12.6. The minimum absolute atomic E-state index is 0.0208. The highest BCUT2D eigenvalue weighted by molar-refractivity contribution is 5.69. The molecule has 0 bridgehead atoms. The number of esters is 1. The molecule has 1 atom stereocenters. The molecule has 0 aliphatic carbocycles. The Bertz CT molecular complexity index is 719. The number of allylic oxidation sites excluding steroid dienone is 8. The molecule has 1 unspecified atom stereocenters. The zero-order valence-electron chi connectivity index (χ0n) is 27.5. The molecule has 0 fully saturated rings. The van der Waals surface area contributed by atoms with E-state index in [1.54, 1.807) is 0 Å². The highest BCUT2D eigenvalue weighted by Crippen LogP contribution is 2.18. The first-order valence-corrected chi connectivity index (χ1v) is 17.6. The number of unbranched alkanes of at least 4 members (excludes halogenated alkanes) is 14. The van der Waals surface area contributed by atoms with Gasteiger partial charge >= 0.3 is 11.9 Å². The van der Waals surface area contributed by atoms with E-state index in [2.05, 4.69) is 62.5 Å². The van der Waals surface area contributed by atoms with E-state index >= 15 is 0 Å². The van der Waals surface area contributed by atoms with Crippen molar-refractivity contribution >= 4 is 11.9 Å². The van der Waals surface area contributed by atoms with Gasteiger partial charge in [-0.1, -0.05) is 133 Å². The molecule has 242 valence electrons. The highest BCUT2D eigenvalue weighted by atomic mass is 16.5. The Morgan fingerprint density at radius 1 is 0.548 bits per heavy atom. The lowest BCUT2D eigenvalue weighted by Gasteiger charge is -2.18. The van der Waals surface area contributed by atoms with Crippen molar-refractivity contribution in [3.05, 3.63) is 48.6 Å². The molecule has 0 aromatic carbocycles. The summed E-state index contributed by atoms with van der Waals surface area (Å²) in [5, 5.41) is 8.79. The molecule has 0 aromatic heterocycles. The van der Waals surface area contributed by atoms with Gasteiger partial charge in [0.15, 0.2) is 0 Å². The molecule has 4 nitrogen and oxygen atoms in total. The predicted molar refractivity (Wildman–Crippen MR) is 181 cm³/mol. The number of carbonyl (C=O) groups excluding carboxylic acids is 1. The first-order valence-electron chi connectivity index (χ1n) is 17.6. The molecule has 0 aromatic rings. The molecule has 1 N–H and O–H groups in total. The summed E-state index contributed by atoms with van der Waals surface area (Å²) in [5.41, 5.74) is 0. The van der Waals surface area contributed by atoms with Crippen molar-refractivity contribution in [2.24, 2.45) is 0 Å². The Kier molecular flexibility index (Phi) is 31.7. The molecule has 0 aliphatic rings. The van der Waals surface area contributed by atoms with Gasteiger partial charge in [-0.2, -0.15) is 0 Å². The Morgan fingerprint density at radius 3 is 1.55 bits per heavy atom. The van der Waals surface area contributed by atoms with Gasteiger partial charge in [-0.25, -0.2) is 0 Å². The van der Waals surface area contributed by atoms with Crippen LogP contribution < -0.4 is 0 Å². The van der Waals surface area contributed by atoms with E-state index in [9.17, 15) is 9.59 Å². The van der Waals surface area contributed by atoms with Crippen LogP contribution in [-0.4, -0.2) is 23.1 Å². The van der Waals surface area contributed by atoms with Crippen molar-refractivity contribution in [3.8, 4) is 0 Å². The van der Waals surface area contributed by atoms with Gasteiger partial charge in [0.05, 0.1) is 0 Å². The number of carbonyl (C=O) groups is 2. The second-order valence-electron chi connectivity index (χ2n) is 11.7. The molecule has 0 saturated carbocycles. The smallest absolute Gasteiger partial charge is 0.306 e. The molecule has 4 heteroatoms. The Morgan fingerprint density at radius 2 is 1.00 bits per heavy atom. The van der Waals surface area contributed by atoms with Crippen LogP contribution in [0.3, 0.4) is 0 Å². The Balaban J connectivity index is 4.19. The van der Waals surface area contributed by atoms with Gasteiger partial charge < -0.3 is 9.84 Å². The normalized spacial score (nSPS) is 12.8. The van der Waals surface area contributed by atoms with Crippen molar-refractivity contribution in [2.75, 3.05) is 0 Å². The third-order valence-electron chi connectivity index (χ3n) is 7.57. The van der Waals surface area contributed by atoms with Crippen molar-refractivity contribution in [1.82, 2.24) is 0 Å². The monoisotopic (exact) mass is 586 g/mol. The van der Waals surface area contributed by atoms with E-state index in [0.29, 0.717) is 6.42 Å². The Labute approximate surface area is 260 Å². The number of hydrogen-bond acceptors (Lipinski definition) is 3. The summed E-state index contributed by atoms with van der Waals surface area (Å²) >= 11 is 0. The van der Waals surface area contributed by atoms with Gasteiger partial charge in [0.1, 0.15) is 6.10 Å². The molecule has 0 radical (unpaired) electrons. The molecule has 0 amide bonds. The highest BCUT2D eigenvalue weighted by Gasteiger charge is 2.14. The van der Waals surface area contributed by atoms with E-state index in [4.69, 9.17) is 9.84 Å². The fourth-order valence-corrected chi connectivity index (χ4v) is 5.00. The maximum Gasteiger partial charge on any atom is 0.306 e. The summed E-state index contributed by atoms with van der Waals surface area (Å²) in [7, 11) is 0. The van der Waals surface area contributed by atoms with E-state index in [-0.39, 0.29) is 18.5 Å². The van der Waals surface area contributed by atoms with E-state index < -0.39 is 5.97 Å². The van der Waals surface area contributed by atoms with Crippen LogP contribution >= 0.6 is 0 Å². The van der Waals surface area contributed by atoms with Gasteiger partial charge in [-0.05, 0) is 77.0 Å². The van der Waals surface area contributed by atoms with Crippen LogP contribution in [0.5, 0.6) is 0 Å². The van der Waals surface area contributed by atoms with E-state index in [1.807, 2.05) is 0 Å². The molecule has 0 aliphatic heterocycles. The first-order chi connectivity index (χ1) is 20.6. The molecule has 42 heavy (non-hydrogen) atoms. The Hall–Kier alpha value is -2.10. The minimum Gasteiger partial charge on any atom is -0.481 e. The minimum atomic E-state index is -0.709. The number of aliphatic carboxylic acids is 1. The standard InChI is InChI=1S/C38H66O4/c1-3-5-7-9-11-13-14-15-16-17-18-20-21-24-28-32-36(33-29-25-23-26-30-34-37(39)40)42-38(41)35-31-27-22-19-12-10-8-6-4-2/h5,7,11,13,15-16,18,20,36H,3-4,6,8-10,12,14,17,19,21-35H2,1-2H3,(H,39,40)/b7-5-,13-11-,16-15-,20-18-. The van der Waals surface area contributed by atoms with Crippen LogP contribution in [0.15, 0.2) is 48.6 Å². The maximum atomic E-state index is 12.6. The summed E-state index contributed by atoms with van der Waals surface area (Å²) in [6.45, 7) is 4.41. The zero-order chi connectivity index (χ0) is 30.8. The second-order valence-corrected chi connectivity index (χ2v) is 11.7. The lowest BCUT2D eigenvalue weighted by Crippen LogP contribution is -2.18. The molecular weight excluding hydrogens is 520 g/mol. The molecule has 0 rings (SSSR count). The van der Waals surface area contributed by atoms with Crippen LogP contribution in [0.2, 0.25) is 0 Å². The average Bonchev–Trinajstić information content (AvgIpc) is 2.97. The SMILES string of the molecule is CC/C=C\C/C=C\C/C=C\C/C=C\CCCCC(CCCCCCCC(=O)O)OC(=O)CCCCCCCCCCC. The lowest BCUT2D eigenvalue weighted by molar-refractivity contribution is -0.150.